The van der Waals surface area contributed by atoms with Gasteiger partial charge in [0.2, 0.25) is 0 Å². The first-order valence-corrected chi connectivity index (χ1v) is 7.29. The maximum Gasteiger partial charge on any atom is 0.271 e. The highest BCUT2D eigenvalue weighted by Crippen LogP contribution is 2.28. The summed E-state index contributed by atoms with van der Waals surface area (Å²) in [6.45, 7) is 5.40. The fraction of sp³-hybridized carbons (Fsp3) is 0.235. The third-order valence-electron chi connectivity index (χ3n) is 3.33. The lowest BCUT2D eigenvalue weighted by molar-refractivity contribution is -0.384. The van der Waals surface area contributed by atoms with Crippen LogP contribution in [0.25, 0.3) is 0 Å². The number of rotatable bonds is 5. The molecule has 0 aliphatic rings. The monoisotopic (exact) mass is 330 g/mol. The van der Waals surface area contributed by atoms with Gasteiger partial charge in [0.05, 0.1) is 10.6 Å². The van der Waals surface area contributed by atoms with Gasteiger partial charge in [-0.3, -0.25) is 14.9 Å². The van der Waals surface area contributed by atoms with Crippen molar-refractivity contribution >= 4 is 17.3 Å². The van der Waals surface area contributed by atoms with E-state index in [0.29, 0.717) is 5.75 Å². The lowest BCUT2D eigenvalue weighted by atomic mass is 10.1. The van der Waals surface area contributed by atoms with E-state index in [1.165, 1.54) is 0 Å². The van der Waals surface area contributed by atoms with Crippen molar-refractivity contribution in [1.29, 1.82) is 0 Å². The van der Waals surface area contributed by atoms with Gasteiger partial charge in [-0.1, -0.05) is 6.07 Å². The Morgan fingerprint density at radius 2 is 1.83 bits per heavy atom. The largest absolute Gasteiger partial charge is 0.506 e. The number of non-ortho nitro benzene ring substituents is 1. The van der Waals surface area contributed by atoms with E-state index >= 15 is 0 Å². The maximum absolute atomic E-state index is 12.2. The first kappa shape index (κ1) is 17.3. The molecular formula is C17H18N2O5. The van der Waals surface area contributed by atoms with Gasteiger partial charge in [-0.05, 0) is 50.1 Å². The number of ether oxygens (including phenoxy) is 1. The van der Waals surface area contributed by atoms with Crippen LogP contribution in [0, 0.1) is 24.0 Å². The van der Waals surface area contributed by atoms with E-state index in [1.807, 2.05) is 32.0 Å². The Morgan fingerprint density at radius 1 is 1.21 bits per heavy atom. The Morgan fingerprint density at radius 3 is 2.42 bits per heavy atom. The van der Waals surface area contributed by atoms with Crippen LogP contribution in [0.2, 0.25) is 0 Å². The van der Waals surface area contributed by atoms with Crippen molar-refractivity contribution < 1.29 is 19.6 Å². The first-order chi connectivity index (χ1) is 11.3. The standard InChI is InChI=1S/C17H18N2O5/c1-10-6-11(2)8-14(7-10)24-12(3)17(21)18-15-9-13(19(22)23)4-5-16(15)20/h4-9,12,20H,1-3H3,(H,18,21). The molecule has 0 saturated carbocycles. The molecule has 0 bridgehead atoms. The SMILES string of the molecule is Cc1cc(C)cc(OC(C)C(=O)Nc2cc([N+](=O)[O-])ccc2O)c1. The number of hydrogen-bond acceptors (Lipinski definition) is 5. The summed E-state index contributed by atoms with van der Waals surface area (Å²) in [5.41, 5.74) is 1.75. The Labute approximate surface area is 139 Å². The van der Waals surface area contributed by atoms with E-state index in [1.54, 1.807) is 6.92 Å². The molecule has 1 amide bonds. The molecule has 24 heavy (non-hydrogen) atoms. The van der Waals surface area contributed by atoms with E-state index in [0.717, 1.165) is 29.3 Å². The molecule has 2 rings (SSSR count). The molecule has 2 aromatic carbocycles. The van der Waals surface area contributed by atoms with Crippen molar-refractivity contribution in [1.82, 2.24) is 0 Å². The van der Waals surface area contributed by atoms with E-state index in [9.17, 15) is 20.0 Å². The molecule has 126 valence electrons. The van der Waals surface area contributed by atoms with Crippen molar-refractivity contribution in [2.45, 2.75) is 26.9 Å². The fourth-order valence-electron chi connectivity index (χ4n) is 2.23. The van der Waals surface area contributed by atoms with Crippen LogP contribution in [0.1, 0.15) is 18.1 Å². The molecule has 0 aromatic heterocycles. The van der Waals surface area contributed by atoms with Crippen LogP contribution >= 0.6 is 0 Å². The number of hydrogen-bond donors (Lipinski definition) is 2. The maximum atomic E-state index is 12.2. The molecule has 0 heterocycles. The summed E-state index contributed by atoms with van der Waals surface area (Å²) in [6.07, 6.45) is -0.843. The molecule has 1 atom stereocenters. The van der Waals surface area contributed by atoms with Crippen molar-refractivity contribution in [2.24, 2.45) is 0 Å². The average Bonchev–Trinajstić information content (AvgIpc) is 2.48. The predicted octanol–water partition coefficient (Wildman–Crippen LogP) is 3.32. The zero-order chi connectivity index (χ0) is 17.9. The number of phenolic OH excluding ortho intramolecular Hbond substituents is 1. The highest BCUT2D eigenvalue weighted by molar-refractivity contribution is 5.95. The van der Waals surface area contributed by atoms with Crippen LogP contribution in [-0.2, 0) is 4.79 Å². The van der Waals surface area contributed by atoms with Gasteiger partial charge < -0.3 is 15.2 Å². The normalized spacial score (nSPS) is 11.6. The molecule has 7 nitrogen and oxygen atoms in total. The molecule has 0 aliphatic carbocycles. The Balaban J connectivity index is 2.11. The van der Waals surface area contributed by atoms with E-state index in [-0.39, 0.29) is 17.1 Å². The highest BCUT2D eigenvalue weighted by Gasteiger charge is 2.18. The van der Waals surface area contributed by atoms with Crippen LogP contribution < -0.4 is 10.1 Å². The number of phenols is 1. The minimum absolute atomic E-state index is 0.0370. The van der Waals surface area contributed by atoms with Crippen LogP contribution in [0.4, 0.5) is 11.4 Å². The number of aryl methyl sites for hydroxylation is 2. The zero-order valence-corrected chi connectivity index (χ0v) is 13.6. The zero-order valence-electron chi connectivity index (χ0n) is 13.6. The Hall–Kier alpha value is -3.09. The van der Waals surface area contributed by atoms with Gasteiger partial charge in [0.1, 0.15) is 11.5 Å². The first-order valence-electron chi connectivity index (χ1n) is 7.29. The van der Waals surface area contributed by atoms with Gasteiger partial charge >= 0.3 is 0 Å². The van der Waals surface area contributed by atoms with Crippen LogP contribution in [0.3, 0.4) is 0 Å². The quantitative estimate of drug-likeness (QED) is 0.497. The Bertz CT molecular complexity index is 768. The lowest BCUT2D eigenvalue weighted by Crippen LogP contribution is -2.30. The van der Waals surface area contributed by atoms with E-state index in [4.69, 9.17) is 4.74 Å². The van der Waals surface area contributed by atoms with Gasteiger partial charge in [-0.15, -0.1) is 0 Å². The second-order valence-electron chi connectivity index (χ2n) is 5.53. The average molecular weight is 330 g/mol. The Kier molecular flexibility index (Phi) is 5.03. The summed E-state index contributed by atoms with van der Waals surface area (Å²) in [7, 11) is 0. The number of benzene rings is 2. The summed E-state index contributed by atoms with van der Waals surface area (Å²) < 4.78 is 5.60. The fourth-order valence-corrected chi connectivity index (χ4v) is 2.23. The number of anilines is 1. The summed E-state index contributed by atoms with van der Waals surface area (Å²) in [4.78, 5) is 22.4. The molecule has 2 aromatic rings. The number of amides is 1. The van der Waals surface area contributed by atoms with Gasteiger partial charge in [-0.25, -0.2) is 0 Å². The van der Waals surface area contributed by atoms with Crippen molar-refractivity contribution in [3.05, 3.63) is 57.6 Å². The number of carbonyl (C=O) groups excluding carboxylic acids is 1. The molecule has 0 fully saturated rings. The van der Waals surface area contributed by atoms with Gasteiger partial charge in [0.25, 0.3) is 11.6 Å². The number of aromatic hydroxyl groups is 1. The van der Waals surface area contributed by atoms with Crippen LogP contribution in [0.5, 0.6) is 11.5 Å². The lowest BCUT2D eigenvalue weighted by Gasteiger charge is -2.16. The number of carbonyl (C=O) groups is 1. The minimum atomic E-state index is -0.843. The molecule has 0 aliphatic heterocycles. The van der Waals surface area contributed by atoms with Crippen molar-refractivity contribution in [3.8, 4) is 11.5 Å². The second-order valence-corrected chi connectivity index (χ2v) is 5.53. The summed E-state index contributed by atoms with van der Waals surface area (Å²) in [6, 6.07) is 9.00. The third-order valence-corrected chi connectivity index (χ3v) is 3.33. The molecular weight excluding hydrogens is 312 g/mol. The third kappa shape index (κ3) is 4.22. The summed E-state index contributed by atoms with van der Waals surface area (Å²) >= 11 is 0. The molecule has 0 radical (unpaired) electrons. The number of nitrogens with zero attached hydrogens (tertiary/aromatic N) is 1. The molecule has 7 heteroatoms. The summed E-state index contributed by atoms with van der Waals surface area (Å²) in [5.74, 6) is -0.226. The second kappa shape index (κ2) is 6.99. The number of nitro groups is 1. The predicted molar refractivity (Wildman–Crippen MR) is 89.4 cm³/mol. The van der Waals surface area contributed by atoms with E-state index < -0.39 is 16.9 Å². The smallest absolute Gasteiger partial charge is 0.271 e. The van der Waals surface area contributed by atoms with Crippen LogP contribution in [0.15, 0.2) is 36.4 Å². The highest BCUT2D eigenvalue weighted by atomic mass is 16.6. The van der Waals surface area contributed by atoms with Gasteiger partial charge in [0, 0.05) is 12.1 Å². The van der Waals surface area contributed by atoms with Crippen molar-refractivity contribution in [3.63, 3.8) is 0 Å². The van der Waals surface area contributed by atoms with Gasteiger partial charge in [-0.2, -0.15) is 0 Å². The molecule has 2 N–H and O–H groups in total. The minimum Gasteiger partial charge on any atom is -0.506 e. The van der Waals surface area contributed by atoms with Gasteiger partial charge in [0.15, 0.2) is 6.10 Å². The van der Waals surface area contributed by atoms with Crippen LogP contribution in [-0.4, -0.2) is 22.0 Å². The van der Waals surface area contributed by atoms with Crippen molar-refractivity contribution in [2.75, 3.05) is 5.32 Å². The van der Waals surface area contributed by atoms with E-state index in [2.05, 4.69) is 5.32 Å². The molecule has 1 unspecified atom stereocenters. The molecule has 0 saturated heterocycles. The molecule has 0 spiro atoms. The number of nitro benzene ring substituents is 1. The topological polar surface area (TPSA) is 102 Å². The number of nitrogens with one attached hydrogen (secondary N) is 1. The summed E-state index contributed by atoms with van der Waals surface area (Å²) in [5, 5.41) is 22.9.